The third-order valence-corrected chi connectivity index (χ3v) is 5.75. The topological polar surface area (TPSA) is 46.3 Å². The van der Waals surface area contributed by atoms with Gasteiger partial charge in [0, 0.05) is 19.1 Å². The highest BCUT2D eigenvalue weighted by Crippen LogP contribution is 2.43. The van der Waals surface area contributed by atoms with Gasteiger partial charge in [0.05, 0.1) is 5.41 Å². The van der Waals surface area contributed by atoms with Crippen molar-refractivity contribution < 1.29 is 9.18 Å². The molecule has 2 aliphatic rings. The molecule has 1 saturated heterocycles. The zero-order valence-corrected chi connectivity index (χ0v) is 15.2. The van der Waals surface area contributed by atoms with Crippen molar-refractivity contribution in [3.05, 3.63) is 35.6 Å². The van der Waals surface area contributed by atoms with Crippen LogP contribution in [0.4, 0.5) is 4.39 Å². The van der Waals surface area contributed by atoms with Crippen LogP contribution in [-0.2, 0) is 10.2 Å². The molecule has 3 nitrogen and oxygen atoms in total. The van der Waals surface area contributed by atoms with Gasteiger partial charge in [0.1, 0.15) is 5.82 Å². The molecule has 3 rings (SSSR count). The summed E-state index contributed by atoms with van der Waals surface area (Å²) in [7, 11) is 0. The lowest BCUT2D eigenvalue weighted by atomic mass is 9.76. The molecule has 2 fully saturated rings. The van der Waals surface area contributed by atoms with Crippen molar-refractivity contribution in [3.8, 4) is 0 Å². The second-order valence-corrected chi connectivity index (χ2v) is 7.31. The first kappa shape index (κ1) is 19.2. The van der Waals surface area contributed by atoms with E-state index < -0.39 is 5.41 Å². The zero-order chi connectivity index (χ0) is 16.4. The standard InChI is InChI=1S/C19H27FN2O.ClH/c1-14(21)15-5-4-12-22(13-15)18(23)19(10-2-3-11-19)16-6-8-17(20)9-7-16;/h6-9,14-15H,2-5,10-13,21H2,1H3;1H. The van der Waals surface area contributed by atoms with Crippen LogP contribution < -0.4 is 5.73 Å². The lowest BCUT2D eigenvalue weighted by Gasteiger charge is -2.40. The van der Waals surface area contributed by atoms with Gasteiger partial charge in [-0.25, -0.2) is 4.39 Å². The minimum atomic E-state index is -0.451. The molecule has 1 aromatic rings. The van der Waals surface area contributed by atoms with Crippen molar-refractivity contribution in [2.75, 3.05) is 13.1 Å². The lowest BCUT2D eigenvalue weighted by molar-refractivity contribution is -0.139. The molecule has 1 heterocycles. The number of piperidine rings is 1. The first-order valence-corrected chi connectivity index (χ1v) is 8.84. The molecule has 2 atom stereocenters. The second kappa shape index (κ2) is 7.83. The Bertz CT molecular complexity index is 555. The van der Waals surface area contributed by atoms with Gasteiger partial charge < -0.3 is 10.6 Å². The number of carbonyl (C=O) groups is 1. The maximum atomic E-state index is 13.4. The maximum Gasteiger partial charge on any atom is 0.233 e. The molecule has 1 aliphatic heterocycles. The minimum Gasteiger partial charge on any atom is -0.342 e. The molecule has 0 aromatic heterocycles. The van der Waals surface area contributed by atoms with Crippen LogP contribution in [0.1, 0.15) is 51.0 Å². The molecule has 0 spiro atoms. The van der Waals surface area contributed by atoms with Gasteiger partial charge in [0.15, 0.2) is 0 Å². The number of benzene rings is 1. The second-order valence-electron chi connectivity index (χ2n) is 7.31. The minimum absolute atomic E-state index is 0. The summed E-state index contributed by atoms with van der Waals surface area (Å²) < 4.78 is 13.3. The molecule has 134 valence electrons. The summed E-state index contributed by atoms with van der Waals surface area (Å²) in [6, 6.07) is 6.67. The van der Waals surface area contributed by atoms with E-state index in [4.69, 9.17) is 5.73 Å². The smallest absolute Gasteiger partial charge is 0.233 e. The number of rotatable bonds is 3. The van der Waals surface area contributed by atoms with E-state index in [0.717, 1.165) is 57.2 Å². The average molecular weight is 355 g/mol. The zero-order valence-electron chi connectivity index (χ0n) is 14.3. The van der Waals surface area contributed by atoms with E-state index in [1.165, 1.54) is 12.1 Å². The van der Waals surface area contributed by atoms with Gasteiger partial charge >= 0.3 is 0 Å². The summed E-state index contributed by atoms with van der Waals surface area (Å²) in [6.45, 7) is 3.62. The van der Waals surface area contributed by atoms with Gasteiger partial charge in [-0.1, -0.05) is 25.0 Å². The number of halogens is 2. The Balaban J connectivity index is 0.00000208. The third kappa shape index (κ3) is 3.60. The number of likely N-dealkylation sites (tertiary alicyclic amines) is 1. The van der Waals surface area contributed by atoms with Gasteiger partial charge in [0.25, 0.3) is 0 Å². The summed E-state index contributed by atoms with van der Waals surface area (Å²) in [4.78, 5) is 15.4. The fourth-order valence-corrected chi connectivity index (χ4v) is 4.30. The molecule has 1 aliphatic carbocycles. The van der Waals surface area contributed by atoms with Crippen LogP contribution in [0, 0.1) is 11.7 Å². The fraction of sp³-hybridized carbons (Fsp3) is 0.632. The van der Waals surface area contributed by atoms with Gasteiger partial charge in [0.2, 0.25) is 5.91 Å². The molecule has 0 bridgehead atoms. The maximum absolute atomic E-state index is 13.4. The van der Waals surface area contributed by atoms with Gasteiger partial charge in [-0.2, -0.15) is 0 Å². The van der Waals surface area contributed by atoms with Crippen LogP contribution in [0.25, 0.3) is 0 Å². The van der Waals surface area contributed by atoms with Crippen LogP contribution >= 0.6 is 12.4 Å². The number of carbonyl (C=O) groups excluding carboxylic acids is 1. The summed E-state index contributed by atoms with van der Waals surface area (Å²) in [5.41, 5.74) is 6.59. The van der Waals surface area contributed by atoms with Crippen molar-refractivity contribution in [1.82, 2.24) is 4.90 Å². The van der Waals surface area contributed by atoms with Crippen molar-refractivity contribution in [2.45, 2.75) is 56.9 Å². The molecule has 0 radical (unpaired) electrons. The Morgan fingerprint density at radius 2 is 1.88 bits per heavy atom. The molecule has 1 saturated carbocycles. The summed E-state index contributed by atoms with van der Waals surface area (Å²) in [5, 5.41) is 0. The van der Waals surface area contributed by atoms with Crippen LogP contribution in [0.2, 0.25) is 0 Å². The highest BCUT2D eigenvalue weighted by molar-refractivity contribution is 5.88. The van der Waals surface area contributed by atoms with E-state index in [2.05, 4.69) is 0 Å². The summed E-state index contributed by atoms with van der Waals surface area (Å²) in [5.74, 6) is 0.371. The predicted octanol–water partition coefficient (Wildman–Crippen LogP) is 3.65. The Hall–Kier alpha value is -1.13. The van der Waals surface area contributed by atoms with Gasteiger partial charge in [-0.15, -0.1) is 12.4 Å². The number of hydrogen-bond donors (Lipinski definition) is 1. The van der Waals surface area contributed by atoms with Crippen LogP contribution in [0.5, 0.6) is 0 Å². The normalized spacial score (nSPS) is 24.3. The van der Waals surface area contributed by atoms with E-state index in [-0.39, 0.29) is 30.2 Å². The molecule has 5 heteroatoms. The Morgan fingerprint density at radius 1 is 1.25 bits per heavy atom. The molecular formula is C19H28ClFN2O. The van der Waals surface area contributed by atoms with E-state index in [0.29, 0.717) is 5.92 Å². The number of amides is 1. The molecule has 24 heavy (non-hydrogen) atoms. The Morgan fingerprint density at radius 3 is 2.46 bits per heavy atom. The van der Waals surface area contributed by atoms with E-state index in [9.17, 15) is 9.18 Å². The SMILES string of the molecule is CC(N)C1CCCN(C(=O)C2(c3ccc(F)cc3)CCCC2)C1.Cl. The van der Waals surface area contributed by atoms with Gasteiger partial charge in [-0.3, -0.25) is 4.79 Å². The summed E-state index contributed by atoms with van der Waals surface area (Å²) in [6.07, 6.45) is 6.00. The number of nitrogens with zero attached hydrogens (tertiary/aromatic N) is 1. The Labute approximate surface area is 150 Å². The first-order chi connectivity index (χ1) is 11.0. The summed E-state index contributed by atoms with van der Waals surface area (Å²) >= 11 is 0. The van der Waals surface area contributed by atoms with Crippen LogP contribution in [0.3, 0.4) is 0 Å². The van der Waals surface area contributed by atoms with Crippen LogP contribution in [0.15, 0.2) is 24.3 Å². The lowest BCUT2D eigenvalue weighted by Crippen LogP contribution is -2.51. The molecule has 1 aromatic carbocycles. The molecule has 1 amide bonds. The Kier molecular flexibility index (Phi) is 6.27. The monoisotopic (exact) mass is 354 g/mol. The van der Waals surface area contributed by atoms with E-state index >= 15 is 0 Å². The highest BCUT2D eigenvalue weighted by Gasteiger charge is 2.45. The first-order valence-electron chi connectivity index (χ1n) is 8.84. The van der Waals surface area contributed by atoms with E-state index in [1.807, 2.05) is 11.8 Å². The largest absolute Gasteiger partial charge is 0.342 e. The predicted molar refractivity (Wildman–Crippen MR) is 96.7 cm³/mol. The van der Waals surface area contributed by atoms with Crippen molar-refractivity contribution in [1.29, 1.82) is 0 Å². The number of nitrogens with two attached hydrogens (primary N) is 1. The van der Waals surface area contributed by atoms with E-state index in [1.54, 1.807) is 12.1 Å². The molecule has 2 unspecified atom stereocenters. The highest BCUT2D eigenvalue weighted by atomic mass is 35.5. The van der Waals surface area contributed by atoms with Crippen molar-refractivity contribution in [3.63, 3.8) is 0 Å². The van der Waals surface area contributed by atoms with Crippen molar-refractivity contribution in [2.24, 2.45) is 11.7 Å². The van der Waals surface area contributed by atoms with Crippen molar-refractivity contribution >= 4 is 18.3 Å². The third-order valence-electron chi connectivity index (χ3n) is 5.75. The van der Waals surface area contributed by atoms with Gasteiger partial charge in [-0.05, 0) is 56.2 Å². The van der Waals surface area contributed by atoms with Crippen LogP contribution in [-0.4, -0.2) is 29.9 Å². The average Bonchev–Trinajstić information content (AvgIpc) is 3.06. The fourth-order valence-electron chi connectivity index (χ4n) is 4.30. The number of hydrogen-bond acceptors (Lipinski definition) is 2. The quantitative estimate of drug-likeness (QED) is 0.900. The molecule has 2 N–H and O–H groups in total. The molecular weight excluding hydrogens is 327 g/mol.